The van der Waals surface area contributed by atoms with E-state index >= 15 is 0 Å². The van der Waals surface area contributed by atoms with Crippen LogP contribution < -0.4 is 0 Å². The molecule has 0 spiro atoms. The number of hydrogen-bond acceptors (Lipinski definition) is 3. The van der Waals surface area contributed by atoms with E-state index in [1.54, 1.807) is 0 Å². The van der Waals surface area contributed by atoms with Crippen molar-refractivity contribution in [3.63, 3.8) is 0 Å². The van der Waals surface area contributed by atoms with Gasteiger partial charge in [0.1, 0.15) is 0 Å². The molecule has 3 nitrogen and oxygen atoms in total. The Labute approximate surface area is 172 Å². The van der Waals surface area contributed by atoms with Crippen LogP contribution >= 0.6 is 24.2 Å². The zero-order valence-electron chi connectivity index (χ0n) is 15.6. The first kappa shape index (κ1) is 20.3. The molecule has 0 aliphatic carbocycles. The van der Waals surface area contributed by atoms with Crippen LogP contribution in [-0.2, 0) is 6.54 Å². The maximum Gasteiger partial charge on any atom is 0.0732 e. The fourth-order valence-corrected chi connectivity index (χ4v) is 4.49. The molecule has 3 aromatic rings. The van der Waals surface area contributed by atoms with Crippen molar-refractivity contribution in [2.24, 2.45) is 0 Å². The van der Waals surface area contributed by atoms with Gasteiger partial charge in [0.05, 0.1) is 5.03 Å². The zero-order chi connectivity index (χ0) is 17.6. The van der Waals surface area contributed by atoms with E-state index in [4.69, 9.17) is 0 Å². The summed E-state index contributed by atoms with van der Waals surface area (Å²) >= 11 is 1.94. The maximum atomic E-state index is 3.51. The van der Waals surface area contributed by atoms with Crippen LogP contribution in [0.25, 0.3) is 10.9 Å². The summed E-state index contributed by atoms with van der Waals surface area (Å²) in [7, 11) is 0. The van der Waals surface area contributed by atoms with Crippen molar-refractivity contribution < 1.29 is 0 Å². The molecule has 0 bridgehead atoms. The monoisotopic (exact) mass is 401 g/mol. The summed E-state index contributed by atoms with van der Waals surface area (Å²) in [6.45, 7) is 7.07. The van der Waals surface area contributed by atoms with Gasteiger partial charge in [0.2, 0.25) is 0 Å². The zero-order valence-corrected chi connectivity index (χ0v) is 17.3. The topological polar surface area (TPSA) is 22.3 Å². The lowest BCUT2D eigenvalue weighted by molar-refractivity contribution is 0.127. The number of nitrogens with one attached hydrogen (secondary N) is 1. The minimum atomic E-state index is 0. The third kappa shape index (κ3) is 5.76. The van der Waals surface area contributed by atoms with Gasteiger partial charge >= 0.3 is 0 Å². The fraction of sp³-hybridized carbons (Fsp3) is 0.364. The molecule has 1 saturated heterocycles. The Bertz CT molecular complexity index is 780. The van der Waals surface area contributed by atoms with Crippen LogP contribution in [0.3, 0.4) is 0 Å². The molecular formula is C22H28ClN3S. The Morgan fingerprint density at radius 2 is 1.56 bits per heavy atom. The molecule has 0 amide bonds. The highest BCUT2D eigenvalue weighted by molar-refractivity contribution is 7.99. The number of aromatic amines is 1. The fourth-order valence-electron chi connectivity index (χ4n) is 3.61. The number of piperazine rings is 1. The van der Waals surface area contributed by atoms with Crippen LogP contribution in [0.2, 0.25) is 0 Å². The average Bonchev–Trinajstić information content (AvgIpc) is 3.10. The molecule has 1 aliphatic rings. The van der Waals surface area contributed by atoms with E-state index in [1.807, 2.05) is 11.8 Å². The molecular weight excluding hydrogens is 374 g/mol. The van der Waals surface area contributed by atoms with Gasteiger partial charge in [-0.25, -0.2) is 0 Å². The van der Waals surface area contributed by atoms with E-state index in [9.17, 15) is 0 Å². The highest BCUT2D eigenvalue weighted by Crippen LogP contribution is 2.23. The maximum absolute atomic E-state index is 3.51. The Kier molecular flexibility index (Phi) is 7.65. The first-order valence-electron chi connectivity index (χ1n) is 9.56. The molecule has 5 heteroatoms. The molecule has 2 heterocycles. The van der Waals surface area contributed by atoms with Gasteiger partial charge in [0, 0.05) is 49.4 Å². The van der Waals surface area contributed by atoms with Gasteiger partial charge in [-0.3, -0.25) is 4.90 Å². The number of fused-ring (bicyclic) bond motifs is 1. The van der Waals surface area contributed by atoms with Gasteiger partial charge in [-0.1, -0.05) is 48.5 Å². The first-order chi connectivity index (χ1) is 12.9. The average molecular weight is 402 g/mol. The molecule has 0 saturated carbocycles. The molecule has 0 atom stereocenters. The number of halogens is 1. The van der Waals surface area contributed by atoms with Crippen LogP contribution in [0.4, 0.5) is 0 Å². The van der Waals surface area contributed by atoms with Crippen molar-refractivity contribution in [1.29, 1.82) is 0 Å². The van der Waals surface area contributed by atoms with Crippen molar-refractivity contribution in [2.45, 2.75) is 18.0 Å². The van der Waals surface area contributed by atoms with E-state index in [1.165, 1.54) is 66.4 Å². The number of aromatic nitrogens is 1. The smallest absolute Gasteiger partial charge is 0.0732 e. The van der Waals surface area contributed by atoms with E-state index in [0.717, 1.165) is 6.54 Å². The lowest BCUT2D eigenvalue weighted by Crippen LogP contribution is -2.46. The lowest BCUT2D eigenvalue weighted by atomic mass is 10.2. The van der Waals surface area contributed by atoms with Gasteiger partial charge in [-0.2, -0.15) is 0 Å². The molecule has 4 rings (SSSR count). The Morgan fingerprint density at radius 1 is 0.852 bits per heavy atom. The summed E-state index contributed by atoms with van der Waals surface area (Å²) < 4.78 is 0. The number of rotatable bonds is 7. The Balaban J connectivity index is 0.00000210. The molecule has 1 fully saturated rings. The van der Waals surface area contributed by atoms with E-state index < -0.39 is 0 Å². The minimum absolute atomic E-state index is 0. The predicted molar refractivity (Wildman–Crippen MR) is 119 cm³/mol. The minimum Gasteiger partial charge on any atom is -0.350 e. The molecule has 27 heavy (non-hydrogen) atoms. The van der Waals surface area contributed by atoms with Crippen LogP contribution in [0.1, 0.15) is 12.0 Å². The van der Waals surface area contributed by atoms with Crippen LogP contribution in [-0.4, -0.2) is 53.3 Å². The third-order valence-electron chi connectivity index (χ3n) is 5.10. The molecule has 0 radical (unpaired) electrons. The molecule has 2 aromatic carbocycles. The van der Waals surface area contributed by atoms with Gasteiger partial charge in [-0.15, -0.1) is 24.2 Å². The Morgan fingerprint density at radius 3 is 2.33 bits per heavy atom. The number of H-pyrrole nitrogens is 1. The SMILES string of the molecule is Cl.c1ccc(CN2CCN(CCCSc3cc4ccccc4[nH]3)CC2)cc1. The van der Waals surface area contributed by atoms with Crippen molar-refractivity contribution in [3.05, 3.63) is 66.2 Å². The molecule has 0 unspecified atom stereocenters. The molecule has 1 N–H and O–H groups in total. The number of hydrogen-bond donors (Lipinski definition) is 1. The summed E-state index contributed by atoms with van der Waals surface area (Å²) in [6, 6.07) is 21.6. The Hall–Kier alpha value is -1.46. The largest absolute Gasteiger partial charge is 0.350 e. The second-order valence-corrected chi connectivity index (χ2v) is 8.16. The third-order valence-corrected chi connectivity index (χ3v) is 6.12. The molecule has 1 aromatic heterocycles. The summed E-state index contributed by atoms with van der Waals surface area (Å²) in [4.78, 5) is 8.70. The molecule has 1 aliphatic heterocycles. The summed E-state index contributed by atoms with van der Waals surface area (Å²) in [6.07, 6.45) is 1.25. The van der Waals surface area contributed by atoms with Crippen molar-refractivity contribution in [3.8, 4) is 0 Å². The predicted octanol–water partition coefficient (Wildman–Crippen LogP) is 4.89. The highest BCUT2D eigenvalue weighted by Gasteiger charge is 2.16. The normalized spacial score (nSPS) is 15.7. The molecule has 144 valence electrons. The summed E-state index contributed by atoms with van der Waals surface area (Å²) in [5.74, 6) is 1.18. The van der Waals surface area contributed by atoms with Gasteiger partial charge < -0.3 is 9.88 Å². The second kappa shape index (κ2) is 10.2. The summed E-state index contributed by atoms with van der Waals surface area (Å²) in [5, 5.41) is 2.60. The van der Waals surface area contributed by atoms with Crippen molar-refractivity contribution >= 4 is 35.1 Å². The highest BCUT2D eigenvalue weighted by atomic mass is 35.5. The lowest BCUT2D eigenvalue weighted by Gasteiger charge is -2.34. The number of para-hydroxylation sites is 1. The summed E-state index contributed by atoms with van der Waals surface area (Å²) in [5.41, 5.74) is 2.67. The van der Waals surface area contributed by atoms with Crippen LogP contribution in [0.5, 0.6) is 0 Å². The number of thioether (sulfide) groups is 1. The number of nitrogens with zero attached hydrogens (tertiary/aromatic N) is 2. The van der Waals surface area contributed by atoms with Gasteiger partial charge in [0.15, 0.2) is 0 Å². The second-order valence-electron chi connectivity index (χ2n) is 7.03. The van der Waals surface area contributed by atoms with E-state index in [0.29, 0.717) is 0 Å². The van der Waals surface area contributed by atoms with Gasteiger partial charge in [0.25, 0.3) is 0 Å². The van der Waals surface area contributed by atoms with E-state index in [-0.39, 0.29) is 12.4 Å². The van der Waals surface area contributed by atoms with Crippen LogP contribution in [0.15, 0.2) is 65.7 Å². The van der Waals surface area contributed by atoms with Crippen molar-refractivity contribution in [2.75, 3.05) is 38.5 Å². The van der Waals surface area contributed by atoms with Crippen molar-refractivity contribution in [1.82, 2.24) is 14.8 Å². The van der Waals surface area contributed by atoms with Crippen LogP contribution in [0, 0.1) is 0 Å². The van der Waals surface area contributed by atoms with E-state index in [2.05, 4.69) is 75.4 Å². The number of benzene rings is 2. The quantitative estimate of drug-likeness (QED) is 0.450. The van der Waals surface area contributed by atoms with Gasteiger partial charge in [-0.05, 0) is 30.7 Å². The standard InChI is InChI=1S/C22H27N3S.ClH/c1-2-7-19(8-3-1)18-25-14-12-24(13-15-25)11-6-16-26-22-17-20-9-4-5-10-21(20)23-22;/h1-5,7-10,17,23H,6,11-16,18H2;1H. The first-order valence-corrected chi connectivity index (χ1v) is 10.5.